The molecule has 0 atom stereocenters. The number of aromatic nitrogens is 3. The van der Waals surface area contributed by atoms with Crippen LogP contribution in [-0.2, 0) is 0 Å². The molecular weight excluding hydrogens is 413 g/mol. The largest absolute Gasteiger partial charge is 0.297 e. The van der Waals surface area contributed by atoms with Crippen molar-refractivity contribution in [3.05, 3.63) is 31.0 Å². The molecule has 0 bridgehead atoms. The molecule has 1 fully saturated rings. The number of hydrogen-bond donors (Lipinski definition) is 1. The van der Waals surface area contributed by atoms with Crippen molar-refractivity contribution in [3.63, 3.8) is 0 Å². The molecule has 1 aromatic heterocycles. The van der Waals surface area contributed by atoms with Crippen molar-refractivity contribution >= 4 is 50.7 Å². The SMILES string of the molecule is S=c1[nH]nc(-c2cc(Br)ccc2I)n1C1CC1. The molecule has 1 N–H and O–H groups in total. The second kappa shape index (κ2) is 4.47. The Morgan fingerprint density at radius 3 is 2.94 bits per heavy atom. The summed E-state index contributed by atoms with van der Waals surface area (Å²) in [5.41, 5.74) is 1.12. The molecule has 0 saturated heterocycles. The van der Waals surface area contributed by atoms with E-state index in [0.717, 1.165) is 20.6 Å². The van der Waals surface area contributed by atoms with Gasteiger partial charge in [0.05, 0.1) is 0 Å². The first-order valence-electron chi connectivity index (χ1n) is 5.29. The number of rotatable bonds is 2. The third-order valence-electron chi connectivity index (χ3n) is 2.79. The van der Waals surface area contributed by atoms with Crippen LogP contribution in [0.15, 0.2) is 22.7 Å². The van der Waals surface area contributed by atoms with Gasteiger partial charge in [-0.05, 0) is 65.8 Å². The molecule has 1 aliphatic rings. The van der Waals surface area contributed by atoms with Gasteiger partial charge < -0.3 is 0 Å². The van der Waals surface area contributed by atoms with Gasteiger partial charge in [-0.2, -0.15) is 5.10 Å². The minimum atomic E-state index is 0.533. The minimum absolute atomic E-state index is 0.533. The maximum Gasteiger partial charge on any atom is 0.195 e. The maximum absolute atomic E-state index is 5.30. The van der Waals surface area contributed by atoms with Crippen molar-refractivity contribution in [2.24, 2.45) is 0 Å². The minimum Gasteiger partial charge on any atom is -0.297 e. The standard InChI is InChI=1S/C11H9BrIN3S/c12-6-1-4-9(13)8(5-6)10-14-15-11(17)16(10)7-2-3-7/h1,4-5,7H,2-3H2,(H,15,17). The van der Waals surface area contributed by atoms with Crippen LogP contribution < -0.4 is 0 Å². The summed E-state index contributed by atoms with van der Waals surface area (Å²) in [4.78, 5) is 0. The summed E-state index contributed by atoms with van der Waals surface area (Å²) in [6.07, 6.45) is 2.40. The molecule has 6 heteroatoms. The molecule has 0 amide bonds. The van der Waals surface area contributed by atoms with Crippen LogP contribution in [0.3, 0.4) is 0 Å². The van der Waals surface area contributed by atoms with Crippen molar-refractivity contribution < 1.29 is 0 Å². The van der Waals surface area contributed by atoms with Gasteiger partial charge >= 0.3 is 0 Å². The molecule has 1 saturated carbocycles. The Kier molecular flexibility index (Phi) is 3.12. The van der Waals surface area contributed by atoms with Gasteiger partial charge in [-0.3, -0.25) is 9.67 Å². The highest BCUT2D eigenvalue weighted by atomic mass is 127. The van der Waals surface area contributed by atoms with E-state index in [1.54, 1.807) is 0 Å². The molecule has 1 aromatic carbocycles. The van der Waals surface area contributed by atoms with E-state index < -0.39 is 0 Å². The summed E-state index contributed by atoms with van der Waals surface area (Å²) in [6, 6.07) is 6.74. The van der Waals surface area contributed by atoms with E-state index in [1.165, 1.54) is 16.4 Å². The second-order valence-electron chi connectivity index (χ2n) is 4.08. The highest BCUT2D eigenvalue weighted by Gasteiger charge is 2.28. The first-order valence-corrected chi connectivity index (χ1v) is 7.57. The molecule has 0 unspecified atom stereocenters. The number of hydrogen-bond acceptors (Lipinski definition) is 2. The number of nitrogens with one attached hydrogen (secondary N) is 1. The quantitative estimate of drug-likeness (QED) is 0.579. The van der Waals surface area contributed by atoms with Crippen molar-refractivity contribution in [2.45, 2.75) is 18.9 Å². The molecule has 3 rings (SSSR count). The zero-order chi connectivity index (χ0) is 12.0. The van der Waals surface area contributed by atoms with E-state index in [9.17, 15) is 0 Å². The van der Waals surface area contributed by atoms with Crippen molar-refractivity contribution in [1.29, 1.82) is 0 Å². The highest BCUT2D eigenvalue weighted by molar-refractivity contribution is 14.1. The zero-order valence-electron chi connectivity index (χ0n) is 8.78. The van der Waals surface area contributed by atoms with Gasteiger partial charge in [0.25, 0.3) is 0 Å². The number of nitrogens with zero attached hydrogens (tertiary/aromatic N) is 2. The summed E-state index contributed by atoms with van der Waals surface area (Å²) in [7, 11) is 0. The maximum atomic E-state index is 5.30. The average Bonchev–Trinajstić information content (AvgIpc) is 3.06. The van der Waals surface area contributed by atoms with Crippen LogP contribution in [0, 0.1) is 8.34 Å². The molecule has 1 aliphatic carbocycles. The molecule has 0 aliphatic heterocycles. The van der Waals surface area contributed by atoms with Gasteiger partial charge in [-0.1, -0.05) is 15.9 Å². The van der Waals surface area contributed by atoms with E-state index in [1.807, 2.05) is 6.07 Å². The van der Waals surface area contributed by atoms with Crippen LogP contribution in [0.4, 0.5) is 0 Å². The monoisotopic (exact) mass is 421 g/mol. The predicted octanol–water partition coefficient (Wildman–Crippen LogP) is 4.31. The summed E-state index contributed by atoms with van der Waals surface area (Å²) >= 11 is 11.1. The Morgan fingerprint density at radius 2 is 2.24 bits per heavy atom. The summed E-state index contributed by atoms with van der Waals surface area (Å²) in [6.45, 7) is 0. The van der Waals surface area contributed by atoms with Gasteiger partial charge in [-0.25, -0.2) is 0 Å². The summed E-state index contributed by atoms with van der Waals surface area (Å²) in [5.74, 6) is 0.947. The van der Waals surface area contributed by atoms with Crippen molar-refractivity contribution in [3.8, 4) is 11.4 Å². The van der Waals surface area contributed by atoms with E-state index in [0.29, 0.717) is 6.04 Å². The molecular formula is C11H9BrIN3S. The average molecular weight is 422 g/mol. The highest BCUT2D eigenvalue weighted by Crippen LogP contribution is 2.39. The Balaban J connectivity index is 2.21. The Bertz CT molecular complexity index is 630. The van der Waals surface area contributed by atoms with Gasteiger partial charge in [0, 0.05) is 19.6 Å². The van der Waals surface area contributed by atoms with E-state index in [4.69, 9.17) is 12.2 Å². The lowest BCUT2D eigenvalue weighted by molar-refractivity contribution is 0.735. The number of halogens is 2. The smallest absolute Gasteiger partial charge is 0.195 e. The predicted molar refractivity (Wildman–Crippen MR) is 81.5 cm³/mol. The molecule has 1 heterocycles. The number of H-pyrrole nitrogens is 1. The Hall–Kier alpha value is -0.210. The van der Waals surface area contributed by atoms with Crippen LogP contribution >= 0.6 is 50.7 Å². The lowest BCUT2D eigenvalue weighted by Gasteiger charge is -2.07. The molecule has 2 aromatic rings. The number of benzene rings is 1. The van der Waals surface area contributed by atoms with E-state index >= 15 is 0 Å². The molecule has 0 spiro atoms. The number of aromatic amines is 1. The van der Waals surface area contributed by atoms with Crippen LogP contribution in [-0.4, -0.2) is 14.8 Å². The fourth-order valence-electron chi connectivity index (χ4n) is 1.84. The van der Waals surface area contributed by atoms with Gasteiger partial charge in [0.15, 0.2) is 10.6 Å². The lowest BCUT2D eigenvalue weighted by Crippen LogP contribution is -1.98. The third kappa shape index (κ3) is 2.22. The van der Waals surface area contributed by atoms with E-state index in [2.05, 4.69) is 65.4 Å². The van der Waals surface area contributed by atoms with Crippen molar-refractivity contribution in [2.75, 3.05) is 0 Å². The lowest BCUT2D eigenvalue weighted by atomic mass is 10.2. The van der Waals surface area contributed by atoms with Gasteiger partial charge in [0.2, 0.25) is 0 Å². The van der Waals surface area contributed by atoms with Crippen LogP contribution in [0.2, 0.25) is 0 Å². The van der Waals surface area contributed by atoms with Gasteiger partial charge in [0.1, 0.15) is 0 Å². The third-order valence-corrected chi connectivity index (χ3v) is 4.51. The molecule has 3 nitrogen and oxygen atoms in total. The normalized spacial score (nSPS) is 15.2. The summed E-state index contributed by atoms with van der Waals surface area (Å²) < 4.78 is 5.10. The molecule has 0 radical (unpaired) electrons. The first kappa shape index (κ1) is 11.9. The Labute approximate surface area is 126 Å². The van der Waals surface area contributed by atoms with Crippen LogP contribution in [0.5, 0.6) is 0 Å². The van der Waals surface area contributed by atoms with Gasteiger partial charge in [-0.15, -0.1) is 0 Å². The Morgan fingerprint density at radius 1 is 1.47 bits per heavy atom. The second-order valence-corrected chi connectivity index (χ2v) is 6.54. The fourth-order valence-corrected chi connectivity index (χ4v) is 3.05. The van der Waals surface area contributed by atoms with Crippen molar-refractivity contribution in [1.82, 2.24) is 14.8 Å². The summed E-state index contributed by atoms with van der Waals surface area (Å²) in [5, 5.41) is 7.27. The first-order chi connectivity index (χ1) is 8.16. The zero-order valence-corrected chi connectivity index (χ0v) is 13.3. The molecule has 17 heavy (non-hydrogen) atoms. The van der Waals surface area contributed by atoms with Crippen LogP contribution in [0.1, 0.15) is 18.9 Å². The molecule has 88 valence electrons. The van der Waals surface area contributed by atoms with Crippen LogP contribution in [0.25, 0.3) is 11.4 Å². The topological polar surface area (TPSA) is 33.6 Å². The van der Waals surface area contributed by atoms with E-state index in [-0.39, 0.29) is 0 Å². The fraction of sp³-hybridized carbons (Fsp3) is 0.273.